The predicted octanol–water partition coefficient (Wildman–Crippen LogP) is 4.05. The van der Waals surface area contributed by atoms with Crippen LogP contribution in [0, 0.1) is 0 Å². The Bertz CT molecular complexity index is 481. The highest BCUT2D eigenvalue weighted by molar-refractivity contribution is 6.35. The smallest absolute Gasteiger partial charge is 0.328 e. The molecule has 18 heavy (non-hydrogen) atoms. The lowest BCUT2D eigenvalue weighted by atomic mass is 10.2. The van der Waals surface area contributed by atoms with Crippen LogP contribution in [0.25, 0.3) is 6.08 Å². The molecule has 0 fully saturated rings. The summed E-state index contributed by atoms with van der Waals surface area (Å²) in [5.41, 5.74) is 0.527. The number of carboxylic acids is 1. The molecule has 96 valence electrons. The molecule has 1 rings (SSSR count). The summed E-state index contributed by atoms with van der Waals surface area (Å²) in [5, 5.41) is 9.37. The van der Waals surface area contributed by atoms with Gasteiger partial charge >= 0.3 is 5.97 Å². The number of carbonyl (C=O) groups is 1. The minimum absolute atomic E-state index is 0.344. The van der Waals surface area contributed by atoms with Crippen LogP contribution in [0.15, 0.2) is 30.9 Å². The molecule has 0 unspecified atom stereocenters. The summed E-state index contributed by atoms with van der Waals surface area (Å²) >= 11 is 11.9. The zero-order valence-electron chi connectivity index (χ0n) is 9.53. The molecule has 0 saturated heterocycles. The summed E-state index contributed by atoms with van der Waals surface area (Å²) in [6, 6.07) is 3.14. The van der Waals surface area contributed by atoms with E-state index < -0.39 is 5.97 Å². The first kappa shape index (κ1) is 14.6. The van der Waals surface area contributed by atoms with Crippen molar-refractivity contribution in [1.82, 2.24) is 0 Å². The van der Waals surface area contributed by atoms with E-state index in [4.69, 9.17) is 33.0 Å². The highest BCUT2D eigenvalue weighted by Gasteiger charge is 2.09. The Hall–Kier alpha value is -1.45. The van der Waals surface area contributed by atoms with E-state index >= 15 is 0 Å². The van der Waals surface area contributed by atoms with Crippen LogP contribution in [0.2, 0.25) is 10.0 Å². The molecule has 0 spiro atoms. The summed E-state index contributed by atoms with van der Waals surface area (Å²) in [4.78, 5) is 10.5. The topological polar surface area (TPSA) is 46.5 Å². The monoisotopic (exact) mass is 286 g/mol. The molecule has 0 amide bonds. The molecule has 0 aliphatic rings. The molecular formula is C13H12Cl2O3. The number of benzene rings is 1. The first-order valence-electron chi connectivity index (χ1n) is 5.18. The van der Waals surface area contributed by atoms with Gasteiger partial charge in [-0.1, -0.05) is 29.3 Å². The van der Waals surface area contributed by atoms with Crippen molar-refractivity contribution in [2.24, 2.45) is 0 Å². The van der Waals surface area contributed by atoms with E-state index in [-0.39, 0.29) is 0 Å². The summed E-state index contributed by atoms with van der Waals surface area (Å²) < 4.78 is 5.49. The number of rotatable bonds is 6. The Morgan fingerprint density at radius 1 is 1.44 bits per heavy atom. The summed E-state index contributed by atoms with van der Waals surface area (Å²) in [6.07, 6.45) is 4.78. The first-order chi connectivity index (χ1) is 8.54. The van der Waals surface area contributed by atoms with Crippen molar-refractivity contribution < 1.29 is 14.6 Å². The van der Waals surface area contributed by atoms with E-state index in [9.17, 15) is 4.79 Å². The second-order valence-corrected chi connectivity index (χ2v) is 4.25. The normalized spacial score (nSPS) is 10.6. The third-order valence-corrected chi connectivity index (χ3v) is 2.51. The first-order valence-corrected chi connectivity index (χ1v) is 5.94. The van der Waals surface area contributed by atoms with Crippen LogP contribution in [-0.2, 0) is 4.79 Å². The zero-order chi connectivity index (χ0) is 13.5. The Morgan fingerprint density at radius 2 is 2.17 bits per heavy atom. The molecule has 0 bridgehead atoms. The van der Waals surface area contributed by atoms with E-state index in [2.05, 4.69) is 6.58 Å². The van der Waals surface area contributed by atoms with Crippen molar-refractivity contribution in [3.63, 3.8) is 0 Å². The predicted molar refractivity (Wildman–Crippen MR) is 73.4 cm³/mol. The lowest BCUT2D eigenvalue weighted by Crippen LogP contribution is -1.98. The lowest BCUT2D eigenvalue weighted by Gasteiger charge is -2.10. The van der Waals surface area contributed by atoms with Crippen molar-refractivity contribution in [1.29, 1.82) is 0 Å². The van der Waals surface area contributed by atoms with Gasteiger partial charge in [0.2, 0.25) is 0 Å². The highest BCUT2D eigenvalue weighted by atomic mass is 35.5. The van der Waals surface area contributed by atoms with Gasteiger partial charge in [-0.15, -0.1) is 6.58 Å². The van der Waals surface area contributed by atoms with Crippen LogP contribution < -0.4 is 4.74 Å². The molecular weight excluding hydrogens is 275 g/mol. The maximum atomic E-state index is 10.5. The second-order valence-electron chi connectivity index (χ2n) is 3.40. The minimum atomic E-state index is -1.05. The van der Waals surface area contributed by atoms with Gasteiger partial charge in [0.1, 0.15) is 5.75 Å². The van der Waals surface area contributed by atoms with Gasteiger partial charge < -0.3 is 9.84 Å². The van der Waals surface area contributed by atoms with E-state index in [1.54, 1.807) is 18.2 Å². The Kier molecular flexibility index (Phi) is 5.75. The molecule has 3 nitrogen and oxygen atoms in total. The molecule has 1 N–H and O–H groups in total. The van der Waals surface area contributed by atoms with Crippen molar-refractivity contribution in [2.45, 2.75) is 6.42 Å². The Labute approximate surface area is 115 Å². The van der Waals surface area contributed by atoms with Crippen molar-refractivity contribution in [2.75, 3.05) is 6.61 Å². The lowest BCUT2D eigenvalue weighted by molar-refractivity contribution is -0.131. The van der Waals surface area contributed by atoms with E-state index in [1.165, 1.54) is 6.08 Å². The van der Waals surface area contributed by atoms with Gasteiger partial charge in [-0.3, -0.25) is 0 Å². The number of carboxylic acid groups (broad SMARTS) is 1. The van der Waals surface area contributed by atoms with E-state index in [0.717, 1.165) is 6.08 Å². The maximum absolute atomic E-state index is 10.5. The third kappa shape index (κ3) is 4.43. The molecule has 0 heterocycles. The minimum Gasteiger partial charge on any atom is -0.491 e. The number of hydrogen-bond acceptors (Lipinski definition) is 2. The van der Waals surface area contributed by atoms with Gasteiger partial charge in [0.05, 0.1) is 11.6 Å². The third-order valence-electron chi connectivity index (χ3n) is 2.01. The van der Waals surface area contributed by atoms with Crippen molar-refractivity contribution in [3.05, 3.63) is 46.5 Å². The van der Waals surface area contributed by atoms with Crippen LogP contribution in [0.3, 0.4) is 0 Å². The van der Waals surface area contributed by atoms with Gasteiger partial charge in [0.15, 0.2) is 0 Å². The van der Waals surface area contributed by atoms with Crippen LogP contribution >= 0.6 is 23.2 Å². The zero-order valence-corrected chi connectivity index (χ0v) is 11.0. The molecule has 0 atom stereocenters. The van der Waals surface area contributed by atoms with Gasteiger partial charge in [-0.05, 0) is 24.6 Å². The molecule has 1 aromatic carbocycles. The van der Waals surface area contributed by atoms with Crippen molar-refractivity contribution in [3.8, 4) is 5.75 Å². The van der Waals surface area contributed by atoms with Crippen LogP contribution in [0.1, 0.15) is 12.0 Å². The molecule has 5 heteroatoms. The van der Waals surface area contributed by atoms with E-state index in [0.29, 0.717) is 34.4 Å². The van der Waals surface area contributed by atoms with Crippen LogP contribution in [0.4, 0.5) is 0 Å². The van der Waals surface area contributed by atoms with Crippen LogP contribution in [0.5, 0.6) is 5.75 Å². The summed E-state index contributed by atoms with van der Waals surface area (Å²) in [5.74, 6) is -0.636. The molecule has 0 radical (unpaired) electrons. The summed E-state index contributed by atoms with van der Waals surface area (Å²) in [7, 11) is 0. The van der Waals surface area contributed by atoms with Gasteiger partial charge in [-0.2, -0.15) is 0 Å². The van der Waals surface area contributed by atoms with Gasteiger partial charge in [0.25, 0.3) is 0 Å². The second kappa shape index (κ2) is 7.09. The Balaban J connectivity index is 3.04. The largest absolute Gasteiger partial charge is 0.491 e. The van der Waals surface area contributed by atoms with Gasteiger partial charge in [0, 0.05) is 16.7 Å². The van der Waals surface area contributed by atoms with Crippen LogP contribution in [-0.4, -0.2) is 17.7 Å². The molecule has 0 aliphatic heterocycles. The van der Waals surface area contributed by atoms with E-state index in [1.807, 2.05) is 0 Å². The number of hydrogen-bond donors (Lipinski definition) is 1. The fourth-order valence-electron chi connectivity index (χ4n) is 1.26. The van der Waals surface area contributed by atoms with Crippen molar-refractivity contribution >= 4 is 35.2 Å². The number of ether oxygens (including phenoxy) is 1. The Morgan fingerprint density at radius 3 is 2.78 bits per heavy atom. The quantitative estimate of drug-likeness (QED) is 0.488. The standard InChI is InChI=1S/C13H12Cl2O3/c1-2-3-6-18-13-9(4-5-12(16)17)7-10(14)8-11(13)15/h2,4-5,7-8H,1,3,6H2,(H,16,17). The fraction of sp³-hybridized carbons (Fsp3) is 0.154. The number of halogens is 2. The SMILES string of the molecule is C=CCCOc1c(Cl)cc(Cl)cc1C=CC(=O)O. The summed E-state index contributed by atoms with van der Waals surface area (Å²) in [6.45, 7) is 4.00. The molecule has 0 saturated carbocycles. The van der Waals surface area contributed by atoms with Gasteiger partial charge in [-0.25, -0.2) is 4.79 Å². The highest BCUT2D eigenvalue weighted by Crippen LogP contribution is 2.33. The number of aliphatic carboxylic acids is 1. The average Bonchev–Trinajstić information content (AvgIpc) is 2.29. The maximum Gasteiger partial charge on any atom is 0.328 e. The average molecular weight is 287 g/mol. The molecule has 0 aliphatic carbocycles. The molecule has 0 aromatic heterocycles. The fourth-order valence-corrected chi connectivity index (χ4v) is 1.83. The molecule has 1 aromatic rings.